The molecule has 1 rings (SSSR count). The summed E-state index contributed by atoms with van der Waals surface area (Å²) >= 11 is 0. The molecule has 1 fully saturated rings. The minimum absolute atomic E-state index is 0.0300. The molecule has 1 heterocycles. The van der Waals surface area contributed by atoms with Crippen LogP contribution in [0.25, 0.3) is 0 Å². The van der Waals surface area contributed by atoms with E-state index in [-0.39, 0.29) is 18.5 Å². The fourth-order valence-corrected chi connectivity index (χ4v) is 8.65. The molecule has 0 aromatic rings. The first-order chi connectivity index (χ1) is 34.7. The van der Waals surface area contributed by atoms with Gasteiger partial charge in [0.2, 0.25) is 5.91 Å². The van der Waals surface area contributed by atoms with Crippen LogP contribution in [0.2, 0.25) is 0 Å². The number of amides is 1. The van der Waals surface area contributed by atoms with Gasteiger partial charge in [0.25, 0.3) is 0 Å². The molecule has 11 nitrogen and oxygen atoms in total. The Morgan fingerprint density at radius 2 is 0.958 bits per heavy atom. The molecule has 0 bridgehead atoms. The normalized spacial score (nSPS) is 19.6. The van der Waals surface area contributed by atoms with Crippen molar-refractivity contribution in [1.29, 1.82) is 0 Å². The molecule has 0 radical (unpaired) electrons. The maximum Gasteiger partial charge on any atom is 0.305 e. The van der Waals surface area contributed by atoms with Crippen LogP contribution < -0.4 is 5.32 Å². The topological polar surface area (TPSA) is 175 Å². The predicted octanol–water partition coefficient (Wildman–Crippen LogP) is 13.1. The number of carbonyl (C=O) groups is 2. The number of esters is 1. The highest BCUT2D eigenvalue weighted by atomic mass is 16.7. The first-order valence-electron chi connectivity index (χ1n) is 29.1. The molecule has 0 saturated carbocycles. The van der Waals surface area contributed by atoms with E-state index in [4.69, 9.17) is 14.2 Å². The van der Waals surface area contributed by atoms with Crippen molar-refractivity contribution in [1.82, 2.24) is 5.32 Å². The Morgan fingerprint density at radius 3 is 1.51 bits per heavy atom. The Labute approximate surface area is 433 Å². The molecule has 6 N–H and O–H groups in total. The average Bonchev–Trinajstić information content (AvgIpc) is 3.37. The smallest absolute Gasteiger partial charge is 0.305 e. The van der Waals surface area contributed by atoms with Gasteiger partial charge in [0.1, 0.15) is 24.4 Å². The van der Waals surface area contributed by atoms with Crippen molar-refractivity contribution in [3.8, 4) is 0 Å². The number of unbranched alkanes of at least 4 members (excludes halogenated alkanes) is 27. The van der Waals surface area contributed by atoms with Crippen LogP contribution in [0.5, 0.6) is 0 Å². The number of allylic oxidation sites excluding steroid dienone is 9. The Balaban J connectivity index is 2.06. The van der Waals surface area contributed by atoms with Crippen LogP contribution in [0.1, 0.15) is 245 Å². The molecule has 412 valence electrons. The van der Waals surface area contributed by atoms with Gasteiger partial charge >= 0.3 is 5.97 Å². The van der Waals surface area contributed by atoms with Gasteiger partial charge in [0.05, 0.1) is 32.0 Å². The van der Waals surface area contributed by atoms with Crippen molar-refractivity contribution in [2.75, 3.05) is 19.8 Å². The number of aliphatic hydroxyl groups excluding tert-OH is 5. The molecule has 0 aromatic heterocycles. The molecule has 1 saturated heterocycles. The molecule has 7 unspecified atom stereocenters. The van der Waals surface area contributed by atoms with E-state index in [0.717, 1.165) is 96.3 Å². The largest absolute Gasteiger partial charge is 0.466 e. The predicted molar refractivity (Wildman–Crippen MR) is 292 cm³/mol. The molecule has 1 amide bonds. The van der Waals surface area contributed by atoms with Gasteiger partial charge in [-0.25, -0.2) is 0 Å². The van der Waals surface area contributed by atoms with Crippen molar-refractivity contribution in [2.45, 2.75) is 288 Å². The molecule has 0 aromatic carbocycles. The second kappa shape index (κ2) is 49.6. The highest BCUT2D eigenvalue weighted by Crippen LogP contribution is 2.23. The summed E-state index contributed by atoms with van der Waals surface area (Å²) < 4.78 is 16.6. The summed E-state index contributed by atoms with van der Waals surface area (Å²) in [7, 11) is 0. The number of carbonyl (C=O) groups excluding carboxylic acids is 2. The van der Waals surface area contributed by atoms with Crippen molar-refractivity contribution in [3.63, 3.8) is 0 Å². The molecule has 11 heteroatoms. The van der Waals surface area contributed by atoms with Crippen LogP contribution in [-0.4, -0.2) is 100 Å². The Bertz CT molecular complexity index is 1360. The number of hydrogen-bond donors (Lipinski definition) is 6. The third kappa shape index (κ3) is 39.5. The van der Waals surface area contributed by atoms with Crippen molar-refractivity contribution in [3.05, 3.63) is 60.8 Å². The zero-order chi connectivity index (χ0) is 51.7. The Hall–Kier alpha value is -2.64. The molecule has 1 aliphatic rings. The molecule has 1 aliphatic heterocycles. The van der Waals surface area contributed by atoms with Crippen LogP contribution in [-0.2, 0) is 23.8 Å². The molecular weight excluding hydrogens is 895 g/mol. The maximum absolute atomic E-state index is 13.0. The molecule has 0 aliphatic carbocycles. The number of rotatable bonds is 49. The lowest BCUT2D eigenvalue weighted by molar-refractivity contribution is -0.302. The minimum Gasteiger partial charge on any atom is -0.466 e. The third-order valence-corrected chi connectivity index (χ3v) is 13.3. The number of nitrogens with one attached hydrogen (secondary N) is 1. The van der Waals surface area contributed by atoms with Gasteiger partial charge in [-0.05, 0) is 103 Å². The van der Waals surface area contributed by atoms with Crippen LogP contribution in [0, 0.1) is 0 Å². The van der Waals surface area contributed by atoms with Crippen LogP contribution in [0.4, 0.5) is 0 Å². The quantitative estimate of drug-likeness (QED) is 0.0195. The van der Waals surface area contributed by atoms with Crippen LogP contribution in [0.15, 0.2) is 60.8 Å². The van der Waals surface area contributed by atoms with E-state index in [1.54, 1.807) is 6.08 Å². The van der Waals surface area contributed by atoms with Gasteiger partial charge in [0.15, 0.2) is 6.29 Å². The number of hydrogen-bond acceptors (Lipinski definition) is 10. The van der Waals surface area contributed by atoms with Gasteiger partial charge in [0, 0.05) is 12.8 Å². The van der Waals surface area contributed by atoms with E-state index in [0.29, 0.717) is 19.4 Å². The fourth-order valence-electron chi connectivity index (χ4n) is 8.65. The summed E-state index contributed by atoms with van der Waals surface area (Å²) in [6.45, 7) is 4.20. The van der Waals surface area contributed by atoms with Crippen molar-refractivity contribution < 1.29 is 49.3 Å². The summed E-state index contributed by atoms with van der Waals surface area (Å²) in [6.07, 6.45) is 53.2. The van der Waals surface area contributed by atoms with Gasteiger partial charge in [-0.1, -0.05) is 190 Å². The van der Waals surface area contributed by atoms with E-state index in [2.05, 4.69) is 67.8 Å². The zero-order valence-corrected chi connectivity index (χ0v) is 45.2. The summed E-state index contributed by atoms with van der Waals surface area (Å²) in [5.74, 6) is -0.243. The van der Waals surface area contributed by atoms with Gasteiger partial charge < -0.3 is 45.1 Å². The highest BCUT2D eigenvalue weighted by molar-refractivity contribution is 5.76. The highest BCUT2D eigenvalue weighted by Gasteiger charge is 2.44. The SMILES string of the molecule is CCCCC/C=C/CC/C=C/C(O)C(COC1OC(CO)C(O)C(O)C1O)NC(=O)CCCCCCC/C=C\CCCCCCCCCOC(=O)CCCCCCCCC/C=C\C/C=C\CCCCCC. The minimum atomic E-state index is -1.58. The lowest BCUT2D eigenvalue weighted by Crippen LogP contribution is -2.60. The third-order valence-electron chi connectivity index (χ3n) is 13.3. The van der Waals surface area contributed by atoms with Crippen molar-refractivity contribution in [2.24, 2.45) is 0 Å². The lowest BCUT2D eigenvalue weighted by atomic mass is 9.99. The lowest BCUT2D eigenvalue weighted by Gasteiger charge is -2.40. The monoisotopic (exact) mass is 1000 g/mol. The van der Waals surface area contributed by atoms with E-state index in [9.17, 15) is 35.1 Å². The van der Waals surface area contributed by atoms with Gasteiger partial charge in [-0.2, -0.15) is 0 Å². The maximum atomic E-state index is 13.0. The Morgan fingerprint density at radius 1 is 0.521 bits per heavy atom. The Kier molecular flexibility index (Phi) is 46.3. The van der Waals surface area contributed by atoms with Crippen LogP contribution in [0.3, 0.4) is 0 Å². The summed E-state index contributed by atoms with van der Waals surface area (Å²) in [6, 6.07) is -0.840. The second-order valence-electron chi connectivity index (χ2n) is 20.0. The fraction of sp³-hybridized carbons (Fsp3) is 0.800. The number of ether oxygens (including phenoxy) is 3. The average molecular weight is 1000 g/mol. The molecule has 7 atom stereocenters. The standard InChI is InChI=1S/C60H107NO10/c1-3-5-7-9-11-13-14-15-16-17-18-22-25-28-32-36-40-44-48-56(65)69-49-45-41-37-33-29-26-23-20-19-21-24-27-31-35-39-43-47-55(64)61-52(53(63)46-42-38-34-30-12-10-8-6-4-2)51-70-60-59(68)58(67)57(66)54(50-62)71-60/h12-14,16-17,19,21,30,42,46,52-54,57-60,62-63,66-68H,3-11,15,18,20,22-29,31-41,43-45,47-51H2,1-2H3,(H,61,64)/b14-13-,17-16-,21-19-,30-12+,46-42+. The summed E-state index contributed by atoms with van der Waals surface area (Å²) in [5, 5.41) is 54.1. The van der Waals surface area contributed by atoms with Crippen LogP contribution >= 0.6 is 0 Å². The summed E-state index contributed by atoms with van der Waals surface area (Å²) in [5.41, 5.74) is 0. The van der Waals surface area contributed by atoms with Gasteiger partial charge in [-0.15, -0.1) is 0 Å². The number of aliphatic hydroxyl groups is 5. The molecular formula is C60H107NO10. The second-order valence-corrected chi connectivity index (χ2v) is 20.0. The summed E-state index contributed by atoms with van der Waals surface area (Å²) in [4.78, 5) is 25.1. The van der Waals surface area contributed by atoms with E-state index >= 15 is 0 Å². The van der Waals surface area contributed by atoms with E-state index in [1.807, 2.05) is 6.08 Å². The molecule has 0 spiro atoms. The zero-order valence-electron chi connectivity index (χ0n) is 45.2. The van der Waals surface area contributed by atoms with E-state index < -0.39 is 49.5 Å². The van der Waals surface area contributed by atoms with Gasteiger partial charge in [-0.3, -0.25) is 9.59 Å². The van der Waals surface area contributed by atoms with E-state index in [1.165, 1.54) is 122 Å². The first kappa shape index (κ1) is 66.4. The van der Waals surface area contributed by atoms with Crippen molar-refractivity contribution >= 4 is 11.9 Å². The first-order valence-corrected chi connectivity index (χ1v) is 29.1. The molecule has 71 heavy (non-hydrogen) atoms.